The van der Waals surface area contributed by atoms with Crippen LogP contribution >= 0.6 is 11.8 Å². The highest BCUT2D eigenvalue weighted by atomic mass is 32.2. The van der Waals surface area contributed by atoms with Crippen molar-refractivity contribution in [3.8, 4) is 0 Å². The molecular formula is C11H13F2NS. The summed E-state index contributed by atoms with van der Waals surface area (Å²) in [5.41, 5.74) is 0.756. The highest BCUT2D eigenvalue weighted by molar-refractivity contribution is 7.99. The predicted molar refractivity (Wildman–Crippen MR) is 58.1 cm³/mol. The van der Waals surface area contributed by atoms with Crippen molar-refractivity contribution in [2.75, 3.05) is 5.75 Å². The van der Waals surface area contributed by atoms with Crippen LogP contribution in [0.3, 0.4) is 0 Å². The molecule has 1 heterocycles. The maximum absolute atomic E-state index is 13.4. The average molecular weight is 229 g/mol. The lowest BCUT2D eigenvalue weighted by molar-refractivity contribution is 0.499. The Morgan fingerprint density at radius 1 is 1.40 bits per heavy atom. The minimum Gasteiger partial charge on any atom is -0.307 e. The molecule has 1 atom stereocenters. The minimum atomic E-state index is -0.496. The van der Waals surface area contributed by atoms with Gasteiger partial charge in [0.2, 0.25) is 0 Å². The number of hydrogen-bond acceptors (Lipinski definition) is 2. The topological polar surface area (TPSA) is 12.0 Å². The number of halogens is 2. The van der Waals surface area contributed by atoms with Crippen LogP contribution in [0.25, 0.3) is 0 Å². The van der Waals surface area contributed by atoms with E-state index in [1.165, 1.54) is 17.8 Å². The summed E-state index contributed by atoms with van der Waals surface area (Å²) in [5, 5.41) is 3.30. The molecule has 0 saturated carbocycles. The lowest BCUT2D eigenvalue weighted by atomic mass is 10.1. The molecular weight excluding hydrogens is 216 g/mol. The van der Waals surface area contributed by atoms with E-state index in [1.54, 1.807) is 0 Å². The van der Waals surface area contributed by atoms with Crippen LogP contribution < -0.4 is 5.32 Å². The molecule has 1 aliphatic heterocycles. The van der Waals surface area contributed by atoms with E-state index in [9.17, 15) is 8.78 Å². The number of benzene rings is 1. The molecule has 0 saturated heterocycles. The summed E-state index contributed by atoms with van der Waals surface area (Å²) in [4.78, 5) is 0.592. The molecule has 1 nitrogen and oxygen atoms in total. The summed E-state index contributed by atoms with van der Waals surface area (Å²) in [5.74, 6) is -0.166. The molecule has 0 fully saturated rings. The first kappa shape index (κ1) is 10.9. The fourth-order valence-electron chi connectivity index (χ4n) is 1.79. The second-order valence-electron chi connectivity index (χ2n) is 3.99. The third kappa shape index (κ3) is 2.16. The molecule has 0 radical (unpaired) electrons. The first-order chi connectivity index (χ1) is 7.08. The van der Waals surface area contributed by atoms with Gasteiger partial charge in [-0.15, -0.1) is 11.8 Å². The van der Waals surface area contributed by atoms with Gasteiger partial charge >= 0.3 is 0 Å². The zero-order valence-electron chi connectivity index (χ0n) is 8.68. The third-order valence-electron chi connectivity index (χ3n) is 2.34. The molecule has 0 spiro atoms. The zero-order chi connectivity index (χ0) is 11.0. The van der Waals surface area contributed by atoms with Gasteiger partial charge in [-0.1, -0.05) is 13.8 Å². The molecule has 1 aromatic carbocycles. The van der Waals surface area contributed by atoms with E-state index in [2.05, 4.69) is 5.32 Å². The summed E-state index contributed by atoms with van der Waals surface area (Å²) in [7, 11) is 0. The molecule has 0 amide bonds. The van der Waals surface area contributed by atoms with Gasteiger partial charge in [0, 0.05) is 28.8 Å². The molecule has 2 rings (SSSR count). The molecule has 15 heavy (non-hydrogen) atoms. The van der Waals surface area contributed by atoms with E-state index in [-0.39, 0.29) is 6.04 Å². The van der Waals surface area contributed by atoms with Crippen molar-refractivity contribution in [3.63, 3.8) is 0 Å². The van der Waals surface area contributed by atoms with Crippen molar-refractivity contribution in [2.45, 2.75) is 30.8 Å². The molecule has 0 bridgehead atoms. The van der Waals surface area contributed by atoms with Gasteiger partial charge in [-0.2, -0.15) is 0 Å². The standard InChI is InChI=1S/C11H13F2NS/c1-6(2)14-10-5-15-11-8(10)3-7(12)4-9(11)13/h3-4,6,10,14H,5H2,1-2H3. The summed E-state index contributed by atoms with van der Waals surface area (Å²) < 4.78 is 26.4. The average Bonchev–Trinajstić information content (AvgIpc) is 2.48. The number of fused-ring (bicyclic) bond motifs is 1. The Hall–Kier alpha value is -0.610. The quantitative estimate of drug-likeness (QED) is 0.836. The first-order valence-corrected chi connectivity index (χ1v) is 5.94. The lowest BCUT2D eigenvalue weighted by Gasteiger charge is -2.16. The van der Waals surface area contributed by atoms with E-state index in [4.69, 9.17) is 0 Å². The molecule has 1 unspecified atom stereocenters. The van der Waals surface area contributed by atoms with Crippen LogP contribution in [0, 0.1) is 11.6 Å². The fraction of sp³-hybridized carbons (Fsp3) is 0.455. The Labute approximate surface area is 92.3 Å². The van der Waals surface area contributed by atoms with Crippen molar-refractivity contribution in [2.24, 2.45) is 0 Å². The van der Waals surface area contributed by atoms with Crippen molar-refractivity contribution >= 4 is 11.8 Å². The van der Waals surface area contributed by atoms with Crippen LogP contribution in [0.5, 0.6) is 0 Å². The summed E-state index contributed by atoms with van der Waals surface area (Å²) in [6, 6.07) is 2.75. The van der Waals surface area contributed by atoms with Crippen LogP contribution in [-0.4, -0.2) is 11.8 Å². The van der Waals surface area contributed by atoms with Crippen molar-refractivity contribution in [3.05, 3.63) is 29.3 Å². The highest BCUT2D eigenvalue weighted by Gasteiger charge is 2.26. The van der Waals surface area contributed by atoms with Gasteiger partial charge in [-0.25, -0.2) is 8.78 Å². The number of rotatable bonds is 2. The number of hydrogen-bond donors (Lipinski definition) is 1. The van der Waals surface area contributed by atoms with Crippen molar-refractivity contribution in [1.82, 2.24) is 5.32 Å². The van der Waals surface area contributed by atoms with E-state index in [1.807, 2.05) is 13.8 Å². The van der Waals surface area contributed by atoms with Crippen LogP contribution in [0.1, 0.15) is 25.5 Å². The van der Waals surface area contributed by atoms with Crippen molar-refractivity contribution in [1.29, 1.82) is 0 Å². The monoisotopic (exact) mass is 229 g/mol. The van der Waals surface area contributed by atoms with E-state index in [0.717, 1.165) is 17.4 Å². The van der Waals surface area contributed by atoms with Gasteiger partial charge in [0.25, 0.3) is 0 Å². The van der Waals surface area contributed by atoms with Crippen LogP contribution in [0.2, 0.25) is 0 Å². The summed E-state index contributed by atoms with van der Waals surface area (Å²) in [6.07, 6.45) is 0. The minimum absolute atomic E-state index is 0.0650. The second kappa shape index (κ2) is 4.10. The second-order valence-corrected chi connectivity index (χ2v) is 5.02. The molecule has 1 aliphatic rings. The maximum Gasteiger partial charge on any atom is 0.140 e. The van der Waals surface area contributed by atoms with Gasteiger partial charge in [0.15, 0.2) is 0 Å². The molecule has 4 heteroatoms. The van der Waals surface area contributed by atoms with Gasteiger partial charge in [-0.05, 0) is 11.6 Å². The Kier molecular flexibility index (Phi) is 2.98. The highest BCUT2D eigenvalue weighted by Crippen LogP contribution is 2.40. The summed E-state index contributed by atoms with van der Waals surface area (Å²) >= 11 is 1.45. The maximum atomic E-state index is 13.4. The Morgan fingerprint density at radius 2 is 2.13 bits per heavy atom. The zero-order valence-corrected chi connectivity index (χ0v) is 9.50. The Bertz CT molecular complexity index is 379. The van der Waals surface area contributed by atoms with Gasteiger partial charge in [-0.3, -0.25) is 0 Å². The Morgan fingerprint density at radius 3 is 2.80 bits per heavy atom. The van der Waals surface area contributed by atoms with E-state index in [0.29, 0.717) is 10.9 Å². The Balaban J connectivity index is 2.33. The SMILES string of the molecule is CC(C)NC1CSc2c(F)cc(F)cc21. The van der Waals surface area contributed by atoms with Crippen LogP contribution in [0.15, 0.2) is 17.0 Å². The van der Waals surface area contributed by atoms with Crippen molar-refractivity contribution < 1.29 is 8.78 Å². The predicted octanol–water partition coefficient (Wildman–Crippen LogP) is 3.11. The van der Waals surface area contributed by atoms with Crippen LogP contribution in [-0.2, 0) is 0 Å². The first-order valence-electron chi connectivity index (χ1n) is 4.95. The van der Waals surface area contributed by atoms with Gasteiger partial charge in [0.05, 0.1) is 0 Å². The fourth-order valence-corrected chi connectivity index (χ4v) is 2.96. The third-order valence-corrected chi connectivity index (χ3v) is 3.56. The molecule has 0 aromatic heterocycles. The van der Waals surface area contributed by atoms with Gasteiger partial charge < -0.3 is 5.32 Å². The normalized spacial score (nSPS) is 19.7. The lowest BCUT2D eigenvalue weighted by Crippen LogP contribution is -2.28. The number of nitrogens with one attached hydrogen (secondary N) is 1. The molecule has 1 aromatic rings. The van der Waals surface area contributed by atoms with Gasteiger partial charge in [0.1, 0.15) is 11.6 Å². The number of thioether (sulfide) groups is 1. The van der Waals surface area contributed by atoms with E-state index < -0.39 is 11.6 Å². The van der Waals surface area contributed by atoms with Crippen LogP contribution in [0.4, 0.5) is 8.78 Å². The summed E-state index contributed by atoms with van der Waals surface area (Å²) in [6.45, 7) is 4.05. The molecule has 0 aliphatic carbocycles. The van der Waals surface area contributed by atoms with E-state index >= 15 is 0 Å². The molecule has 1 N–H and O–H groups in total. The largest absolute Gasteiger partial charge is 0.307 e. The molecule has 82 valence electrons. The smallest absolute Gasteiger partial charge is 0.140 e.